The van der Waals surface area contributed by atoms with Crippen LogP contribution in [0.2, 0.25) is 0 Å². The second-order valence-corrected chi connectivity index (χ2v) is 0.183. The predicted octanol–water partition coefficient (Wildman–Crippen LogP) is -0.598. The van der Waals surface area contributed by atoms with Gasteiger partial charge in [0.25, 0.3) is 0 Å². The van der Waals surface area contributed by atoms with Gasteiger partial charge in [0.2, 0.25) is 0 Å². The Balaban J connectivity index is -0.0000000400. The third kappa shape index (κ3) is 36.8. The van der Waals surface area contributed by atoms with Gasteiger partial charge in [-0.15, -0.1) is 0 Å². The van der Waals surface area contributed by atoms with E-state index in [1.165, 1.54) is 0 Å². The van der Waals surface area contributed by atoms with Crippen LogP contribution in [0.25, 0.3) is 10.8 Å². The van der Waals surface area contributed by atoms with Gasteiger partial charge in [-0.3, -0.25) is 9.59 Å². The Morgan fingerprint density at radius 3 is 1.00 bits per heavy atom. The van der Waals surface area contributed by atoms with Crippen molar-refractivity contribution in [2.24, 2.45) is 0 Å². The molecule has 0 saturated carbocycles. The molecule has 0 aromatic heterocycles. The van der Waals surface area contributed by atoms with Crippen LogP contribution < -0.4 is 0 Å². The van der Waals surface area contributed by atoms with Crippen molar-refractivity contribution in [3.8, 4) is 0 Å². The van der Waals surface area contributed by atoms with E-state index < -0.39 is 0 Å². The first-order valence-corrected chi connectivity index (χ1v) is 0.855. The summed E-state index contributed by atoms with van der Waals surface area (Å²) in [4.78, 5) is 16.5. The molecule has 0 atom stereocenters. The normalized spacial score (nSPS) is 2.29. The molecule has 0 aliphatic heterocycles. The number of hydrogen-bond donors (Lipinski definition) is 0. The molecule has 0 aromatic rings. The van der Waals surface area contributed by atoms with Crippen LogP contribution in [0.1, 0.15) is 0 Å². The van der Waals surface area contributed by atoms with E-state index in [0.29, 0.717) is 12.2 Å². The molecule has 0 aromatic carbocycles. The van der Waals surface area contributed by atoms with E-state index in [1.807, 2.05) is 0 Å². The molecule has 0 N–H and O–H groups in total. The van der Waals surface area contributed by atoms with Gasteiger partial charge in [-0.1, -0.05) is 0 Å². The van der Waals surface area contributed by atoms with Crippen molar-refractivity contribution in [3.05, 3.63) is 10.8 Å². The molecule has 0 amide bonds. The fourth-order valence-electron chi connectivity index (χ4n) is 0. The Bertz CT molecular complexity index is 67.7. The van der Waals surface area contributed by atoms with Gasteiger partial charge in [0.1, 0.15) is 0 Å². The Kier molecular flexibility index (Phi) is 212. The predicted molar refractivity (Wildman–Crippen MR) is 23.9 cm³/mol. The standard InChI is InChI=1S/2CNO.Be/c2*2-1-3;/q2*-1;+2. The van der Waals surface area contributed by atoms with Gasteiger partial charge in [-0.05, 0) is 12.2 Å². The first-order chi connectivity index (χ1) is 2.83. The largest absolute Gasteiger partial charge is 2.00 e. The van der Waals surface area contributed by atoms with E-state index in [-0.39, 0.29) is 10.1 Å². The van der Waals surface area contributed by atoms with Crippen LogP contribution in [-0.4, -0.2) is 22.3 Å². The van der Waals surface area contributed by atoms with Gasteiger partial charge in [-0.2, -0.15) is 0 Å². The molecular formula is C2BeN2O2. The summed E-state index contributed by atoms with van der Waals surface area (Å²) in [6.45, 7) is 0. The number of carbonyl (C=O) groups excluding carboxylic acids is 2. The number of hydrogen-bond acceptors (Lipinski definition) is 2. The molecule has 0 aliphatic carbocycles. The fourth-order valence-corrected chi connectivity index (χ4v) is 0. The average Bonchev–Trinajstić information content (AvgIpc) is 1.39. The van der Waals surface area contributed by atoms with Gasteiger partial charge >= 0.3 is 10.1 Å². The van der Waals surface area contributed by atoms with Crippen molar-refractivity contribution in [1.29, 1.82) is 0 Å². The molecule has 0 radical (unpaired) electrons. The molecule has 0 rings (SSSR count). The Morgan fingerprint density at radius 1 is 1.00 bits per heavy atom. The molecule has 0 aliphatic rings. The molecule has 0 heterocycles. The van der Waals surface area contributed by atoms with E-state index in [9.17, 15) is 0 Å². The number of rotatable bonds is 0. The summed E-state index contributed by atoms with van der Waals surface area (Å²) in [5.41, 5.74) is 0. The van der Waals surface area contributed by atoms with Crippen LogP contribution in [-0.2, 0) is 9.59 Å². The van der Waals surface area contributed by atoms with Crippen LogP contribution in [0.5, 0.6) is 0 Å². The summed E-state index contributed by atoms with van der Waals surface area (Å²) in [7, 11) is 0. The van der Waals surface area contributed by atoms with Gasteiger partial charge < -0.3 is 10.8 Å². The molecular weight excluding hydrogens is 93.0 g/mol. The first-order valence-electron chi connectivity index (χ1n) is 0.855. The van der Waals surface area contributed by atoms with Crippen LogP contribution in [0.15, 0.2) is 0 Å². The summed E-state index contributed by atoms with van der Waals surface area (Å²) in [6, 6.07) is 0. The minimum Gasteiger partial charge on any atom is -0.724 e. The molecule has 0 unspecified atom stereocenters. The van der Waals surface area contributed by atoms with Crippen LogP contribution in [0.3, 0.4) is 0 Å². The topological polar surface area (TPSA) is 78.7 Å². The minimum atomic E-state index is 0. The zero-order valence-electron chi connectivity index (χ0n) is 3.42. The number of isocyanates is 2. The molecule has 7 heavy (non-hydrogen) atoms. The van der Waals surface area contributed by atoms with E-state index in [2.05, 4.69) is 0 Å². The van der Waals surface area contributed by atoms with Crippen LogP contribution >= 0.6 is 0 Å². The van der Waals surface area contributed by atoms with Crippen molar-refractivity contribution < 1.29 is 9.59 Å². The van der Waals surface area contributed by atoms with Crippen molar-refractivity contribution in [3.63, 3.8) is 0 Å². The summed E-state index contributed by atoms with van der Waals surface area (Å²) in [6.07, 6.45) is 1.00. The summed E-state index contributed by atoms with van der Waals surface area (Å²) >= 11 is 0. The first kappa shape index (κ1) is 16.8. The van der Waals surface area contributed by atoms with Gasteiger partial charge in [0.15, 0.2) is 0 Å². The van der Waals surface area contributed by atoms with Crippen molar-refractivity contribution in [2.45, 2.75) is 0 Å². The van der Waals surface area contributed by atoms with E-state index in [0.717, 1.165) is 0 Å². The molecule has 4 nitrogen and oxygen atoms in total. The van der Waals surface area contributed by atoms with Crippen molar-refractivity contribution in [1.82, 2.24) is 0 Å². The minimum absolute atomic E-state index is 0. The maximum atomic E-state index is 8.24. The average molecular weight is 93.0 g/mol. The summed E-state index contributed by atoms with van der Waals surface area (Å²) in [5.74, 6) is 0. The monoisotopic (exact) mass is 93.0 g/mol. The maximum absolute atomic E-state index is 8.24. The van der Waals surface area contributed by atoms with Gasteiger partial charge in [-0.25, -0.2) is 0 Å². The zero-order valence-corrected chi connectivity index (χ0v) is 3.42. The third-order valence-corrected chi connectivity index (χ3v) is 0. The molecule has 0 fully saturated rings. The zero-order chi connectivity index (χ0) is 5.41. The maximum Gasteiger partial charge on any atom is 2.00 e. The summed E-state index contributed by atoms with van der Waals surface area (Å²) < 4.78 is 0. The second kappa shape index (κ2) is 88.2. The SMILES string of the molecule is [Be+2].[N-]=C=O.[N-]=C=O. The second-order valence-electron chi connectivity index (χ2n) is 0.183. The quantitative estimate of drug-likeness (QED) is 0.228. The van der Waals surface area contributed by atoms with Crippen molar-refractivity contribution in [2.75, 3.05) is 0 Å². The summed E-state index contributed by atoms with van der Waals surface area (Å²) in [5, 5.41) is 13.5. The van der Waals surface area contributed by atoms with Crippen molar-refractivity contribution >= 4 is 22.3 Å². The Hall–Kier alpha value is -1.07. The Morgan fingerprint density at radius 2 is 1.00 bits per heavy atom. The van der Waals surface area contributed by atoms with Crippen LogP contribution in [0, 0.1) is 0 Å². The van der Waals surface area contributed by atoms with E-state index in [4.69, 9.17) is 20.4 Å². The smallest absolute Gasteiger partial charge is 0.724 e. The molecule has 0 saturated heterocycles. The number of nitrogens with zero attached hydrogens (tertiary/aromatic N) is 2. The van der Waals surface area contributed by atoms with Gasteiger partial charge in [0, 0.05) is 0 Å². The van der Waals surface area contributed by atoms with E-state index >= 15 is 0 Å². The third-order valence-electron chi connectivity index (χ3n) is 0. The molecule has 32 valence electrons. The van der Waals surface area contributed by atoms with E-state index in [1.54, 1.807) is 0 Å². The van der Waals surface area contributed by atoms with Gasteiger partial charge in [0.05, 0.1) is 0 Å². The molecule has 0 spiro atoms. The molecule has 5 heteroatoms. The molecule has 0 bridgehead atoms. The van der Waals surface area contributed by atoms with Crippen LogP contribution in [0.4, 0.5) is 0 Å². The Labute approximate surface area is 43.8 Å². The fraction of sp³-hybridized carbons (Fsp3) is 0.